The van der Waals surface area contributed by atoms with Crippen molar-refractivity contribution in [3.63, 3.8) is 0 Å². The van der Waals surface area contributed by atoms with E-state index in [1.165, 1.54) is 9.80 Å². The molecule has 2 saturated carbocycles. The van der Waals surface area contributed by atoms with E-state index in [-0.39, 0.29) is 11.1 Å². The average Bonchev–Trinajstić information content (AvgIpc) is 4.07. The van der Waals surface area contributed by atoms with Crippen molar-refractivity contribution < 1.29 is 37.4 Å². The Morgan fingerprint density at radius 3 is 1.23 bits per heavy atom. The van der Waals surface area contributed by atoms with Crippen molar-refractivity contribution in [3.8, 4) is 22.3 Å². The molecule has 16 heteroatoms. The summed E-state index contributed by atoms with van der Waals surface area (Å²) in [5, 5.41) is 6.25. The van der Waals surface area contributed by atoms with Crippen molar-refractivity contribution in [2.75, 3.05) is 28.2 Å². The lowest BCUT2D eigenvalue weighted by atomic mass is 9.83. The van der Waals surface area contributed by atoms with E-state index in [1.807, 2.05) is 55.4 Å². The van der Waals surface area contributed by atoms with Gasteiger partial charge in [0.05, 0.1) is 34.2 Å². The van der Waals surface area contributed by atoms with E-state index in [2.05, 4.69) is 20.6 Å². The molecular formula is C50H64F2N8O6. The van der Waals surface area contributed by atoms with Gasteiger partial charge in [-0.05, 0) is 97.9 Å². The van der Waals surface area contributed by atoms with Gasteiger partial charge >= 0.3 is 12.2 Å². The fourth-order valence-electron chi connectivity index (χ4n) is 8.32. The zero-order valence-corrected chi connectivity index (χ0v) is 40.6. The third-order valence-electron chi connectivity index (χ3n) is 14.0. The Morgan fingerprint density at radius 2 is 0.939 bits per heavy atom. The number of hydrogen-bond donors (Lipinski definition) is 4. The molecule has 354 valence electrons. The second-order valence-electron chi connectivity index (χ2n) is 21.8. The van der Waals surface area contributed by atoms with Crippen LogP contribution in [-0.2, 0) is 19.1 Å². The first-order chi connectivity index (χ1) is 30.5. The van der Waals surface area contributed by atoms with Crippen LogP contribution >= 0.6 is 0 Å². The van der Waals surface area contributed by atoms with Crippen molar-refractivity contribution in [3.05, 3.63) is 71.8 Å². The quantitative estimate of drug-likeness (QED) is 0.0957. The molecule has 0 spiro atoms. The Hall–Kier alpha value is -6.06. The Labute approximate surface area is 385 Å². The fraction of sp³-hybridized carbons (Fsp3) is 0.520. The molecule has 2 unspecified atom stereocenters. The zero-order valence-electron chi connectivity index (χ0n) is 40.6. The summed E-state index contributed by atoms with van der Waals surface area (Å²) in [5.74, 6) is -1.26. The zero-order chi connectivity index (χ0) is 48.7. The van der Waals surface area contributed by atoms with Crippen molar-refractivity contribution in [1.29, 1.82) is 0 Å². The molecule has 2 aliphatic carbocycles. The Morgan fingerprint density at radius 1 is 0.606 bits per heavy atom. The molecule has 5 aromatic rings. The predicted molar refractivity (Wildman–Crippen MR) is 249 cm³/mol. The van der Waals surface area contributed by atoms with Crippen LogP contribution in [0.15, 0.2) is 48.5 Å². The van der Waals surface area contributed by atoms with Crippen LogP contribution in [0.25, 0.3) is 44.3 Å². The van der Waals surface area contributed by atoms with Gasteiger partial charge in [-0.15, -0.1) is 0 Å². The topological polar surface area (TPSA) is 175 Å². The smallest absolute Gasteiger partial charge is 0.410 e. The molecule has 0 saturated heterocycles. The third kappa shape index (κ3) is 8.82. The number of aromatic nitrogens is 4. The average molecular weight is 911 g/mol. The number of nitrogens with one attached hydrogen (secondary N) is 4. The molecule has 66 heavy (non-hydrogen) atoms. The molecular weight excluding hydrogens is 847 g/mol. The molecule has 2 fully saturated rings. The first-order valence-electron chi connectivity index (χ1n) is 22.4. The second kappa shape index (κ2) is 16.4. The molecule has 14 nitrogen and oxygen atoms in total. The van der Waals surface area contributed by atoms with Gasteiger partial charge in [0.15, 0.2) is 11.2 Å². The van der Waals surface area contributed by atoms with Gasteiger partial charge in [0.2, 0.25) is 0 Å². The van der Waals surface area contributed by atoms with Crippen LogP contribution in [0.5, 0.6) is 0 Å². The highest BCUT2D eigenvalue weighted by atomic mass is 19.1. The largest absolute Gasteiger partial charge is 0.432 e. The maximum atomic E-state index is 16.2. The minimum atomic E-state index is -1.44. The number of H-pyrrole nitrogens is 2. The second-order valence-corrected chi connectivity index (χ2v) is 21.8. The number of imidazole rings is 2. The van der Waals surface area contributed by atoms with Crippen LogP contribution in [0.2, 0.25) is 0 Å². The van der Waals surface area contributed by atoms with E-state index in [9.17, 15) is 19.2 Å². The molecule has 2 aliphatic rings. The van der Waals surface area contributed by atoms with Gasteiger partial charge in [-0.3, -0.25) is 9.59 Å². The minimum Gasteiger partial charge on any atom is -0.432 e. The van der Waals surface area contributed by atoms with Gasteiger partial charge in [0.25, 0.3) is 11.8 Å². The molecule has 0 aliphatic heterocycles. The number of carbonyl (C=O) groups is 4. The van der Waals surface area contributed by atoms with E-state index in [0.29, 0.717) is 44.8 Å². The number of nitrogens with zero attached hydrogens (tertiary/aromatic N) is 4. The van der Waals surface area contributed by atoms with Gasteiger partial charge in [0.1, 0.15) is 23.3 Å². The summed E-state index contributed by atoms with van der Waals surface area (Å²) in [5.41, 5.74) is -1.92. The number of hydrogen-bond acceptors (Lipinski definition) is 8. The van der Waals surface area contributed by atoms with Gasteiger partial charge < -0.3 is 39.9 Å². The van der Waals surface area contributed by atoms with Gasteiger partial charge in [-0.2, -0.15) is 0 Å². The Kier molecular flexibility index (Phi) is 11.9. The summed E-state index contributed by atoms with van der Waals surface area (Å²) >= 11 is 0. The summed E-state index contributed by atoms with van der Waals surface area (Å²) in [6.07, 6.45) is 1.68. The highest BCUT2D eigenvalue weighted by Gasteiger charge is 2.62. The van der Waals surface area contributed by atoms with Crippen molar-refractivity contribution >= 4 is 46.1 Å². The Balaban J connectivity index is 1.14. The molecule has 4 atom stereocenters. The number of fused-ring (bicyclic) bond motifs is 2. The van der Waals surface area contributed by atoms with E-state index in [0.717, 1.165) is 37.8 Å². The third-order valence-corrected chi connectivity index (χ3v) is 14.0. The lowest BCUT2D eigenvalue weighted by Crippen LogP contribution is -2.56. The predicted octanol–water partition coefficient (Wildman–Crippen LogP) is 9.97. The molecule has 7 rings (SSSR count). The van der Waals surface area contributed by atoms with Crippen LogP contribution < -0.4 is 10.6 Å². The number of halogens is 2. The first kappa shape index (κ1) is 47.9. The number of ether oxygens (including phenoxy) is 2. The number of rotatable bonds is 12. The van der Waals surface area contributed by atoms with Crippen LogP contribution in [0.4, 0.5) is 18.4 Å². The summed E-state index contributed by atoms with van der Waals surface area (Å²) in [4.78, 5) is 72.6. The standard InChI is InChI=1S/C50H64F2N8O6/c1-45(2,3)37(57-41(61)49(9,47(7)19-20-47)65-43(63)59(11)12)39-53-33-17-15-27(23-35(33)55-39)29-25-32(52)30(26-31(29)51)28-16-18-34-36(24-28)56-40(54-34)38(46(4,5)6)58-42(62)50(10,48(8)21-22-48)66-44(64)60(13)14/h15-18,23-26,37-38H,19-22H2,1-14H3,(H,53,55)(H,54,56)(H,57,61)(H,58,62)/t37-,38-,49?,50?/m1/s1. The minimum absolute atomic E-state index is 0.0368. The maximum Gasteiger partial charge on any atom is 0.410 e. The summed E-state index contributed by atoms with van der Waals surface area (Å²) in [6, 6.07) is 11.2. The molecule has 3 aromatic carbocycles. The number of carbonyl (C=O) groups excluding carboxylic acids is 4. The van der Waals surface area contributed by atoms with E-state index < -0.39 is 80.6 Å². The summed E-state index contributed by atoms with van der Waals surface area (Å²) in [6.45, 7) is 18.9. The van der Waals surface area contributed by atoms with Crippen LogP contribution in [-0.4, -0.2) is 93.1 Å². The highest BCUT2D eigenvalue weighted by Crippen LogP contribution is 2.57. The normalized spacial score (nSPS) is 18.1. The van der Waals surface area contributed by atoms with Gasteiger partial charge in [-0.1, -0.05) is 67.5 Å². The first-order valence-corrected chi connectivity index (χ1v) is 22.4. The summed E-state index contributed by atoms with van der Waals surface area (Å²) in [7, 11) is 6.27. The molecule has 4 amide bonds. The molecule has 0 radical (unpaired) electrons. The Bertz CT molecular complexity index is 2550. The van der Waals surface area contributed by atoms with Crippen LogP contribution in [0, 0.1) is 33.3 Å². The van der Waals surface area contributed by atoms with Crippen molar-refractivity contribution in [2.45, 2.75) is 118 Å². The number of aromatic amines is 2. The molecule has 2 heterocycles. The monoisotopic (exact) mass is 910 g/mol. The van der Waals surface area contributed by atoms with Crippen LogP contribution in [0.3, 0.4) is 0 Å². The highest BCUT2D eigenvalue weighted by molar-refractivity contribution is 5.91. The fourth-order valence-corrected chi connectivity index (χ4v) is 8.32. The van der Waals surface area contributed by atoms with Crippen molar-refractivity contribution in [2.24, 2.45) is 21.7 Å². The van der Waals surface area contributed by atoms with E-state index in [1.54, 1.807) is 78.4 Å². The number of amides is 4. The lowest BCUT2D eigenvalue weighted by Gasteiger charge is -2.38. The number of benzene rings is 3. The molecule has 2 aromatic heterocycles. The van der Waals surface area contributed by atoms with Crippen LogP contribution in [0.1, 0.15) is 119 Å². The van der Waals surface area contributed by atoms with E-state index in [4.69, 9.17) is 19.4 Å². The van der Waals surface area contributed by atoms with Crippen molar-refractivity contribution in [1.82, 2.24) is 40.4 Å². The molecule has 0 bridgehead atoms. The maximum absolute atomic E-state index is 16.2. The lowest BCUT2D eigenvalue weighted by molar-refractivity contribution is -0.148. The SMILES string of the molecule is CN(C)C(=O)OC(C)(C(=O)N[C@H](c1nc2cc(-c3cc(F)c(-c4ccc5[nH]c([C@@H](NC(=O)C(C)(OC(=O)N(C)C)C6(C)CC6)C(C)(C)C)nc5c4)cc3F)ccc2[nH]1)C(C)(C)C)C1(C)CC1. The van der Waals surface area contributed by atoms with Gasteiger partial charge in [0, 0.05) is 50.1 Å². The molecule has 4 N–H and O–H groups in total. The van der Waals surface area contributed by atoms with E-state index >= 15 is 8.78 Å². The summed E-state index contributed by atoms with van der Waals surface area (Å²) < 4.78 is 44.1. The van der Waals surface area contributed by atoms with Gasteiger partial charge in [-0.25, -0.2) is 28.3 Å².